The van der Waals surface area contributed by atoms with Crippen LogP contribution in [0.5, 0.6) is 0 Å². The van der Waals surface area contributed by atoms with Gasteiger partial charge in [0.25, 0.3) is 0 Å². The van der Waals surface area contributed by atoms with Gasteiger partial charge in [0.05, 0.1) is 0 Å². The molecule has 1 aromatic carbocycles. The number of hydrogen-bond acceptors (Lipinski definition) is 3. The summed E-state index contributed by atoms with van der Waals surface area (Å²) in [7, 11) is -3.89. The number of rotatable bonds is 7. The molecule has 0 fully saturated rings. The Labute approximate surface area is 134 Å². The molecule has 0 saturated heterocycles. The van der Waals surface area contributed by atoms with Crippen molar-refractivity contribution in [3.05, 3.63) is 28.0 Å². The van der Waals surface area contributed by atoms with E-state index in [1.54, 1.807) is 13.0 Å². The molecule has 0 spiro atoms. The zero-order valence-electron chi connectivity index (χ0n) is 12.7. The van der Waals surface area contributed by atoms with E-state index in [1.807, 2.05) is 20.8 Å². The predicted octanol–water partition coefficient (Wildman–Crippen LogP) is 3.02. The van der Waals surface area contributed by atoms with Gasteiger partial charge in [-0.2, -0.15) is 0 Å². The average molecular weight is 381 g/mol. The lowest BCUT2D eigenvalue weighted by Gasteiger charge is -2.18. The standard InChI is InChI=1S/C14H22BrFN2O2S/c1-5-17-8-11-6-12(15)7-13(14(11)16)21(19,20)18-10(4)9(2)3/h6-7,9-10,17-18H,5,8H2,1-4H3. The predicted molar refractivity (Wildman–Crippen MR) is 86.1 cm³/mol. The Kier molecular flexibility index (Phi) is 6.77. The Hall–Kier alpha value is -0.500. The highest BCUT2D eigenvalue weighted by atomic mass is 79.9. The highest BCUT2D eigenvalue weighted by Crippen LogP contribution is 2.24. The molecule has 21 heavy (non-hydrogen) atoms. The van der Waals surface area contributed by atoms with Crippen molar-refractivity contribution in [3.8, 4) is 0 Å². The lowest BCUT2D eigenvalue weighted by Crippen LogP contribution is -2.36. The van der Waals surface area contributed by atoms with Gasteiger partial charge in [0.1, 0.15) is 10.7 Å². The molecule has 7 heteroatoms. The molecule has 0 saturated carbocycles. The molecule has 2 N–H and O–H groups in total. The topological polar surface area (TPSA) is 58.2 Å². The van der Waals surface area contributed by atoms with E-state index in [2.05, 4.69) is 26.0 Å². The maximum atomic E-state index is 14.4. The van der Waals surface area contributed by atoms with Crippen LogP contribution in [0.25, 0.3) is 0 Å². The number of sulfonamides is 1. The van der Waals surface area contributed by atoms with E-state index in [0.717, 1.165) is 0 Å². The summed E-state index contributed by atoms with van der Waals surface area (Å²) in [6.45, 7) is 8.43. The van der Waals surface area contributed by atoms with Gasteiger partial charge in [0, 0.05) is 22.6 Å². The maximum Gasteiger partial charge on any atom is 0.243 e. The van der Waals surface area contributed by atoms with E-state index in [-0.39, 0.29) is 23.4 Å². The minimum absolute atomic E-state index is 0.121. The first-order chi connectivity index (χ1) is 9.69. The monoisotopic (exact) mass is 380 g/mol. The van der Waals surface area contributed by atoms with Gasteiger partial charge in [0.2, 0.25) is 10.0 Å². The van der Waals surface area contributed by atoms with E-state index < -0.39 is 15.8 Å². The summed E-state index contributed by atoms with van der Waals surface area (Å²) >= 11 is 3.24. The molecule has 1 atom stereocenters. The van der Waals surface area contributed by atoms with Gasteiger partial charge in [-0.25, -0.2) is 17.5 Å². The van der Waals surface area contributed by atoms with Gasteiger partial charge in [-0.1, -0.05) is 36.7 Å². The van der Waals surface area contributed by atoms with Crippen LogP contribution in [-0.2, 0) is 16.6 Å². The Balaban J connectivity index is 3.20. The molecule has 0 aliphatic carbocycles. The molecule has 0 heterocycles. The van der Waals surface area contributed by atoms with E-state index in [0.29, 0.717) is 16.6 Å². The van der Waals surface area contributed by atoms with E-state index in [9.17, 15) is 12.8 Å². The first-order valence-electron chi connectivity index (χ1n) is 6.90. The van der Waals surface area contributed by atoms with E-state index in [4.69, 9.17) is 0 Å². The second kappa shape index (κ2) is 7.67. The van der Waals surface area contributed by atoms with Gasteiger partial charge in [0.15, 0.2) is 0 Å². The highest BCUT2D eigenvalue weighted by molar-refractivity contribution is 9.10. The van der Waals surface area contributed by atoms with Crippen LogP contribution in [0.2, 0.25) is 0 Å². The second-order valence-electron chi connectivity index (χ2n) is 5.31. The first kappa shape index (κ1) is 18.5. The molecular formula is C14H22BrFN2O2S. The molecule has 1 unspecified atom stereocenters. The fourth-order valence-electron chi connectivity index (χ4n) is 1.65. The van der Waals surface area contributed by atoms with Crippen molar-refractivity contribution in [2.24, 2.45) is 5.92 Å². The Morgan fingerprint density at radius 2 is 1.90 bits per heavy atom. The molecule has 0 aromatic heterocycles. The molecule has 4 nitrogen and oxygen atoms in total. The SMILES string of the molecule is CCNCc1cc(Br)cc(S(=O)(=O)NC(C)C(C)C)c1F. The maximum absolute atomic E-state index is 14.4. The Morgan fingerprint density at radius 3 is 2.43 bits per heavy atom. The zero-order chi connectivity index (χ0) is 16.2. The van der Waals surface area contributed by atoms with Crippen molar-refractivity contribution in [2.75, 3.05) is 6.54 Å². The number of benzene rings is 1. The summed E-state index contributed by atoms with van der Waals surface area (Å²) in [5.41, 5.74) is 0.323. The molecule has 0 aliphatic rings. The summed E-state index contributed by atoms with van der Waals surface area (Å²) in [5.74, 6) is -0.584. The molecule has 120 valence electrons. The quantitative estimate of drug-likeness (QED) is 0.764. The molecule has 1 aromatic rings. The van der Waals surface area contributed by atoms with Crippen LogP contribution in [-0.4, -0.2) is 21.0 Å². The largest absolute Gasteiger partial charge is 0.313 e. The van der Waals surface area contributed by atoms with Crippen LogP contribution in [0.4, 0.5) is 4.39 Å². The van der Waals surface area contributed by atoms with Gasteiger partial charge in [-0.05, 0) is 31.5 Å². The third-order valence-electron chi connectivity index (χ3n) is 3.28. The fourth-order valence-corrected chi connectivity index (χ4v) is 3.84. The van der Waals surface area contributed by atoms with Crippen LogP contribution in [0, 0.1) is 11.7 Å². The van der Waals surface area contributed by atoms with Crippen LogP contribution in [0.15, 0.2) is 21.5 Å². The summed E-state index contributed by atoms with van der Waals surface area (Å²) < 4.78 is 42.2. The van der Waals surface area contributed by atoms with Crippen LogP contribution in [0.3, 0.4) is 0 Å². The summed E-state index contributed by atoms with van der Waals surface area (Å²) in [5, 5.41) is 2.99. The number of hydrogen-bond donors (Lipinski definition) is 2. The van der Waals surface area contributed by atoms with Crippen molar-refractivity contribution in [2.45, 2.75) is 45.2 Å². The van der Waals surface area contributed by atoms with Gasteiger partial charge in [-0.3, -0.25) is 0 Å². The van der Waals surface area contributed by atoms with Crippen LogP contribution >= 0.6 is 15.9 Å². The van der Waals surface area contributed by atoms with Crippen molar-refractivity contribution < 1.29 is 12.8 Å². The second-order valence-corrected chi connectivity index (χ2v) is 7.91. The minimum atomic E-state index is -3.89. The summed E-state index contributed by atoms with van der Waals surface area (Å²) in [6.07, 6.45) is 0. The third-order valence-corrected chi connectivity index (χ3v) is 5.29. The molecule has 0 amide bonds. The lowest BCUT2D eigenvalue weighted by atomic mass is 10.1. The average Bonchev–Trinajstić information content (AvgIpc) is 2.38. The lowest BCUT2D eigenvalue weighted by molar-refractivity contribution is 0.472. The highest BCUT2D eigenvalue weighted by Gasteiger charge is 2.25. The van der Waals surface area contributed by atoms with E-state index in [1.165, 1.54) is 6.07 Å². The molecule has 0 aliphatic heterocycles. The fraction of sp³-hybridized carbons (Fsp3) is 0.571. The molecule has 0 bridgehead atoms. The van der Waals surface area contributed by atoms with Crippen LogP contribution in [0.1, 0.15) is 33.3 Å². The van der Waals surface area contributed by atoms with Gasteiger partial charge >= 0.3 is 0 Å². The van der Waals surface area contributed by atoms with Crippen LogP contribution < -0.4 is 10.0 Å². The summed E-state index contributed by atoms with van der Waals surface area (Å²) in [6, 6.07) is 2.61. The van der Waals surface area contributed by atoms with Crippen molar-refractivity contribution in [3.63, 3.8) is 0 Å². The van der Waals surface area contributed by atoms with Gasteiger partial charge < -0.3 is 5.32 Å². The third kappa shape index (κ3) is 5.02. The van der Waals surface area contributed by atoms with Crippen molar-refractivity contribution in [1.82, 2.24) is 10.0 Å². The molecule has 1 rings (SSSR count). The van der Waals surface area contributed by atoms with Crippen molar-refractivity contribution >= 4 is 26.0 Å². The van der Waals surface area contributed by atoms with Gasteiger partial charge in [-0.15, -0.1) is 0 Å². The number of halogens is 2. The van der Waals surface area contributed by atoms with E-state index >= 15 is 0 Å². The zero-order valence-corrected chi connectivity index (χ0v) is 15.1. The molecular weight excluding hydrogens is 359 g/mol. The summed E-state index contributed by atoms with van der Waals surface area (Å²) in [4.78, 5) is -0.322. The first-order valence-corrected chi connectivity index (χ1v) is 9.17. The minimum Gasteiger partial charge on any atom is -0.313 e. The Morgan fingerprint density at radius 1 is 1.29 bits per heavy atom. The normalized spacial score (nSPS) is 13.7. The smallest absolute Gasteiger partial charge is 0.243 e. The molecule has 0 radical (unpaired) electrons. The Bertz CT molecular complexity index is 591. The number of nitrogens with one attached hydrogen (secondary N) is 2. The van der Waals surface area contributed by atoms with Crippen molar-refractivity contribution in [1.29, 1.82) is 0 Å².